The first kappa shape index (κ1) is 14.4. The van der Waals surface area contributed by atoms with E-state index < -0.39 is 5.91 Å². The summed E-state index contributed by atoms with van der Waals surface area (Å²) < 4.78 is 5.56. The fraction of sp³-hybridized carbons (Fsp3) is 0.727. The first-order valence-electron chi connectivity index (χ1n) is 6.07. The number of anilines is 1. The summed E-state index contributed by atoms with van der Waals surface area (Å²) >= 11 is 0. The largest absolute Gasteiger partial charge is 0.406 e. The SMILES string of the molecule is CCNC(C)c1nnc(N(CC(N)=O)C(C)C)o1. The van der Waals surface area contributed by atoms with Gasteiger partial charge in [0, 0.05) is 6.04 Å². The third kappa shape index (κ3) is 3.69. The Labute approximate surface area is 107 Å². The van der Waals surface area contributed by atoms with Crippen molar-refractivity contribution in [2.24, 2.45) is 5.73 Å². The molecule has 1 atom stereocenters. The molecule has 7 heteroatoms. The van der Waals surface area contributed by atoms with Crippen molar-refractivity contribution in [2.75, 3.05) is 18.0 Å². The molecule has 3 N–H and O–H groups in total. The van der Waals surface area contributed by atoms with E-state index in [-0.39, 0.29) is 18.6 Å². The van der Waals surface area contributed by atoms with E-state index in [4.69, 9.17) is 10.2 Å². The van der Waals surface area contributed by atoms with Crippen LogP contribution in [0.3, 0.4) is 0 Å². The zero-order valence-corrected chi connectivity index (χ0v) is 11.3. The van der Waals surface area contributed by atoms with Crippen molar-refractivity contribution in [1.82, 2.24) is 15.5 Å². The lowest BCUT2D eigenvalue weighted by Crippen LogP contribution is -2.38. The van der Waals surface area contributed by atoms with Crippen molar-refractivity contribution >= 4 is 11.9 Å². The summed E-state index contributed by atoms with van der Waals surface area (Å²) in [5.74, 6) is 0.0742. The molecule has 7 nitrogen and oxygen atoms in total. The van der Waals surface area contributed by atoms with Crippen LogP contribution >= 0.6 is 0 Å². The number of primary amides is 1. The molecule has 0 fully saturated rings. The number of nitrogens with zero attached hydrogens (tertiary/aromatic N) is 3. The minimum absolute atomic E-state index is 0.0150. The quantitative estimate of drug-likeness (QED) is 0.733. The van der Waals surface area contributed by atoms with Crippen LogP contribution in [0.1, 0.15) is 39.6 Å². The van der Waals surface area contributed by atoms with Gasteiger partial charge in [-0.3, -0.25) is 4.79 Å². The molecule has 0 radical (unpaired) electrons. The van der Waals surface area contributed by atoms with Crippen LogP contribution in [0, 0.1) is 0 Å². The number of carbonyl (C=O) groups is 1. The molecule has 0 aliphatic heterocycles. The molecular formula is C11H21N5O2. The van der Waals surface area contributed by atoms with Crippen molar-refractivity contribution in [1.29, 1.82) is 0 Å². The van der Waals surface area contributed by atoms with Crippen molar-refractivity contribution in [3.8, 4) is 0 Å². The second kappa shape index (κ2) is 6.34. The Bertz CT molecular complexity index is 391. The molecule has 0 saturated carbocycles. The van der Waals surface area contributed by atoms with E-state index in [2.05, 4.69) is 15.5 Å². The van der Waals surface area contributed by atoms with E-state index >= 15 is 0 Å². The summed E-state index contributed by atoms with van der Waals surface area (Å²) in [4.78, 5) is 12.7. The first-order chi connectivity index (χ1) is 8.45. The Morgan fingerprint density at radius 1 is 1.44 bits per heavy atom. The number of rotatable bonds is 7. The van der Waals surface area contributed by atoms with Crippen LogP contribution in [0.25, 0.3) is 0 Å². The summed E-state index contributed by atoms with van der Waals surface area (Å²) in [6.45, 7) is 8.68. The van der Waals surface area contributed by atoms with Gasteiger partial charge >= 0.3 is 6.01 Å². The number of nitrogens with one attached hydrogen (secondary N) is 1. The molecule has 1 amide bonds. The maximum atomic E-state index is 11.0. The summed E-state index contributed by atoms with van der Waals surface area (Å²) in [7, 11) is 0. The third-order valence-corrected chi connectivity index (χ3v) is 2.51. The van der Waals surface area contributed by atoms with Gasteiger partial charge in [-0.25, -0.2) is 0 Å². The molecule has 1 aromatic rings. The predicted molar refractivity (Wildman–Crippen MR) is 68.1 cm³/mol. The Hall–Kier alpha value is -1.63. The van der Waals surface area contributed by atoms with E-state index in [0.29, 0.717) is 11.9 Å². The molecule has 0 aliphatic rings. The molecule has 1 aromatic heterocycles. The Kier molecular flexibility index (Phi) is 5.08. The molecule has 1 rings (SSSR count). The lowest BCUT2D eigenvalue weighted by molar-refractivity contribution is -0.116. The fourth-order valence-electron chi connectivity index (χ4n) is 1.55. The highest BCUT2D eigenvalue weighted by Crippen LogP contribution is 2.18. The predicted octanol–water partition coefficient (Wildman–Crippen LogP) is 0.440. The van der Waals surface area contributed by atoms with Gasteiger partial charge in [-0.1, -0.05) is 12.0 Å². The topological polar surface area (TPSA) is 97.3 Å². The molecule has 0 aromatic carbocycles. The van der Waals surface area contributed by atoms with E-state index in [1.54, 1.807) is 4.90 Å². The summed E-state index contributed by atoms with van der Waals surface area (Å²) in [5.41, 5.74) is 5.20. The summed E-state index contributed by atoms with van der Waals surface area (Å²) in [6, 6.07) is 0.364. The normalized spacial score (nSPS) is 12.7. The van der Waals surface area contributed by atoms with Crippen LogP contribution in [-0.2, 0) is 4.79 Å². The smallest absolute Gasteiger partial charge is 0.318 e. The average Bonchev–Trinajstić information content (AvgIpc) is 2.74. The Morgan fingerprint density at radius 2 is 2.11 bits per heavy atom. The van der Waals surface area contributed by atoms with Crippen LogP contribution < -0.4 is 16.0 Å². The minimum Gasteiger partial charge on any atom is -0.406 e. The summed E-state index contributed by atoms with van der Waals surface area (Å²) in [5, 5.41) is 11.1. The van der Waals surface area contributed by atoms with Gasteiger partial charge in [-0.15, -0.1) is 5.10 Å². The van der Waals surface area contributed by atoms with Crippen molar-refractivity contribution in [3.63, 3.8) is 0 Å². The number of nitrogens with two attached hydrogens (primary N) is 1. The van der Waals surface area contributed by atoms with Gasteiger partial charge < -0.3 is 20.4 Å². The van der Waals surface area contributed by atoms with Crippen LogP contribution in [0.4, 0.5) is 6.01 Å². The molecular weight excluding hydrogens is 234 g/mol. The van der Waals surface area contributed by atoms with E-state index in [9.17, 15) is 4.79 Å². The van der Waals surface area contributed by atoms with E-state index in [0.717, 1.165) is 6.54 Å². The Balaban J connectivity index is 2.83. The maximum Gasteiger partial charge on any atom is 0.318 e. The van der Waals surface area contributed by atoms with Gasteiger partial charge in [0.2, 0.25) is 11.8 Å². The monoisotopic (exact) mass is 255 g/mol. The zero-order chi connectivity index (χ0) is 13.7. The molecule has 18 heavy (non-hydrogen) atoms. The molecule has 1 unspecified atom stereocenters. The number of hydrogen-bond acceptors (Lipinski definition) is 6. The highest BCUT2D eigenvalue weighted by atomic mass is 16.4. The second-order valence-corrected chi connectivity index (χ2v) is 4.39. The van der Waals surface area contributed by atoms with Crippen LogP contribution in [-0.4, -0.2) is 35.2 Å². The minimum atomic E-state index is -0.428. The fourth-order valence-corrected chi connectivity index (χ4v) is 1.55. The third-order valence-electron chi connectivity index (χ3n) is 2.51. The molecule has 0 aliphatic carbocycles. The number of aromatic nitrogens is 2. The van der Waals surface area contributed by atoms with E-state index in [1.165, 1.54) is 0 Å². The van der Waals surface area contributed by atoms with Gasteiger partial charge in [-0.2, -0.15) is 0 Å². The van der Waals surface area contributed by atoms with Crippen LogP contribution in [0.5, 0.6) is 0 Å². The molecule has 0 spiro atoms. The highest BCUT2D eigenvalue weighted by Gasteiger charge is 2.21. The van der Waals surface area contributed by atoms with Crippen molar-refractivity contribution < 1.29 is 9.21 Å². The van der Waals surface area contributed by atoms with Gasteiger partial charge in [-0.05, 0) is 27.3 Å². The first-order valence-corrected chi connectivity index (χ1v) is 6.07. The standard InChI is InChI=1S/C11H21N5O2/c1-5-13-8(4)10-14-15-11(18-10)16(7(2)3)6-9(12)17/h7-8,13H,5-6H2,1-4H3,(H2,12,17). The molecule has 0 bridgehead atoms. The highest BCUT2D eigenvalue weighted by molar-refractivity contribution is 5.78. The number of amides is 1. The lowest BCUT2D eigenvalue weighted by atomic mass is 10.3. The van der Waals surface area contributed by atoms with Crippen LogP contribution in [0.15, 0.2) is 4.42 Å². The molecule has 1 heterocycles. The van der Waals surface area contributed by atoms with Gasteiger partial charge in [0.1, 0.15) is 6.54 Å². The molecule has 0 saturated heterocycles. The maximum absolute atomic E-state index is 11.0. The number of carbonyl (C=O) groups excluding carboxylic acids is 1. The lowest BCUT2D eigenvalue weighted by Gasteiger charge is -2.22. The van der Waals surface area contributed by atoms with Crippen LogP contribution in [0.2, 0.25) is 0 Å². The Morgan fingerprint density at radius 3 is 2.61 bits per heavy atom. The van der Waals surface area contributed by atoms with Gasteiger partial charge in [0.05, 0.1) is 6.04 Å². The summed E-state index contributed by atoms with van der Waals surface area (Å²) in [6.07, 6.45) is 0. The number of hydrogen-bond donors (Lipinski definition) is 2. The van der Waals surface area contributed by atoms with E-state index in [1.807, 2.05) is 27.7 Å². The van der Waals surface area contributed by atoms with Gasteiger partial charge in [0.15, 0.2) is 0 Å². The van der Waals surface area contributed by atoms with Crippen molar-refractivity contribution in [2.45, 2.75) is 39.8 Å². The second-order valence-electron chi connectivity index (χ2n) is 4.39. The average molecular weight is 255 g/mol. The molecule has 102 valence electrons. The van der Waals surface area contributed by atoms with Gasteiger partial charge in [0.25, 0.3) is 0 Å². The zero-order valence-electron chi connectivity index (χ0n) is 11.3. The van der Waals surface area contributed by atoms with Crippen molar-refractivity contribution in [3.05, 3.63) is 5.89 Å².